The summed E-state index contributed by atoms with van der Waals surface area (Å²) in [6.07, 6.45) is 0. The number of nitrogens with one attached hydrogen (secondary N) is 1. The minimum absolute atomic E-state index is 0.0595. The number of hydrazone groups is 1. The second-order valence-corrected chi connectivity index (χ2v) is 7.39. The van der Waals surface area contributed by atoms with Crippen LogP contribution in [0.3, 0.4) is 0 Å². The molecule has 0 radical (unpaired) electrons. The van der Waals surface area contributed by atoms with Crippen LogP contribution in [0.2, 0.25) is 0 Å². The molecule has 1 N–H and O–H groups in total. The van der Waals surface area contributed by atoms with E-state index in [4.69, 9.17) is 9.47 Å². The smallest absolute Gasteiger partial charge is 0.308 e. The molecule has 0 bridgehead atoms. The van der Waals surface area contributed by atoms with Gasteiger partial charge in [-0.15, -0.1) is 0 Å². The fraction of sp³-hybridized carbons (Fsp3) is 0.0870. The van der Waals surface area contributed by atoms with E-state index in [2.05, 4.69) is 10.5 Å². The molecule has 12 nitrogen and oxygen atoms in total. The molecule has 3 aromatic rings. The van der Waals surface area contributed by atoms with Crippen LogP contribution in [-0.2, 0) is 9.59 Å². The summed E-state index contributed by atoms with van der Waals surface area (Å²) >= 11 is 0. The maximum atomic E-state index is 11.5. The third kappa shape index (κ3) is 4.66. The number of nitrogens with zero attached hydrogens (tertiary/aromatic N) is 3. The highest BCUT2D eigenvalue weighted by molar-refractivity contribution is 6.25. The van der Waals surface area contributed by atoms with Gasteiger partial charge in [0.05, 0.1) is 21.6 Å². The Balaban J connectivity index is 1.82. The second-order valence-electron chi connectivity index (χ2n) is 7.39. The number of nitro groups is 2. The summed E-state index contributed by atoms with van der Waals surface area (Å²) in [5, 5.41) is 26.8. The zero-order valence-corrected chi connectivity index (χ0v) is 18.3. The summed E-state index contributed by atoms with van der Waals surface area (Å²) in [6.45, 7) is 2.54. The fourth-order valence-electron chi connectivity index (χ4n) is 3.63. The molecule has 0 aromatic heterocycles. The van der Waals surface area contributed by atoms with Crippen LogP contribution in [0, 0.1) is 20.2 Å². The number of anilines is 1. The van der Waals surface area contributed by atoms with Gasteiger partial charge in [0.25, 0.3) is 5.69 Å². The highest BCUT2D eigenvalue weighted by Crippen LogP contribution is 2.41. The first-order chi connectivity index (χ1) is 16.6. The van der Waals surface area contributed by atoms with Crippen molar-refractivity contribution in [1.82, 2.24) is 0 Å². The van der Waals surface area contributed by atoms with Gasteiger partial charge < -0.3 is 9.47 Å². The quantitative estimate of drug-likeness (QED) is 0.186. The van der Waals surface area contributed by atoms with Crippen molar-refractivity contribution < 1.29 is 28.9 Å². The molecule has 35 heavy (non-hydrogen) atoms. The molecule has 0 spiro atoms. The second kappa shape index (κ2) is 9.02. The van der Waals surface area contributed by atoms with Crippen LogP contribution in [0.5, 0.6) is 11.5 Å². The number of carbonyl (C=O) groups is 2. The van der Waals surface area contributed by atoms with Crippen molar-refractivity contribution in [1.29, 1.82) is 0 Å². The molecule has 1 aliphatic rings. The highest BCUT2D eigenvalue weighted by Gasteiger charge is 2.27. The molecule has 0 aliphatic heterocycles. The predicted octanol–water partition coefficient (Wildman–Crippen LogP) is 4.20. The Kier molecular flexibility index (Phi) is 5.94. The van der Waals surface area contributed by atoms with E-state index in [1.165, 1.54) is 19.9 Å². The molecule has 0 unspecified atom stereocenters. The first-order valence-corrected chi connectivity index (χ1v) is 10.1. The molecule has 0 saturated heterocycles. The van der Waals surface area contributed by atoms with E-state index in [9.17, 15) is 29.8 Å². The Morgan fingerprint density at radius 2 is 1.37 bits per heavy atom. The Bertz CT molecular complexity index is 1450. The Hall–Kier alpha value is -5.13. The van der Waals surface area contributed by atoms with E-state index in [-0.39, 0.29) is 11.4 Å². The van der Waals surface area contributed by atoms with Gasteiger partial charge in [-0.05, 0) is 53.6 Å². The van der Waals surface area contributed by atoms with Crippen LogP contribution >= 0.6 is 0 Å². The lowest BCUT2D eigenvalue weighted by molar-refractivity contribution is -0.393. The summed E-state index contributed by atoms with van der Waals surface area (Å²) < 4.78 is 10.3. The van der Waals surface area contributed by atoms with Crippen LogP contribution in [0.4, 0.5) is 17.1 Å². The SMILES string of the molecule is CC(=O)Oc1ccc2c(c1)/C(=N\Nc1ccc([N+](=O)[O-])cc1[N+](=O)[O-])c1ccc(OC(C)=O)cc1-2. The zero-order chi connectivity index (χ0) is 25.3. The van der Waals surface area contributed by atoms with E-state index in [0.29, 0.717) is 33.7 Å². The molecule has 0 fully saturated rings. The number of benzene rings is 3. The summed E-state index contributed by atoms with van der Waals surface area (Å²) in [6, 6.07) is 12.9. The van der Waals surface area contributed by atoms with E-state index in [1.54, 1.807) is 36.4 Å². The summed E-state index contributed by atoms with van der Waals surface area (Å²) in [5.74, 6) is -0.435. The van der Waals surface area contributed by atoms with E-state index in [0.717, 1.165) is 12.1 Å². The number of rotatable bonds is 6. The molecule has 0 amide bonds. The average molecular weight is 476 g/mol. The normalized spacial score (nSPS) is 12.5. The monoisotopic (exact) mass is 476 g/mol. The van der Waals surface area contributed by atoms with Gasteiger partial charge in [-0.1, -0.05) is 0 Å². The van der Waals surface area contributed by atoms with Gasteiger partial charge in [0.2, 0.25) is 0 Å². The van der Waals surface area contributed by atoms with Gasteiger partial charge in [-0.2, -0.15) is 5.10 Å². The van der Waals surface area contributed by atoms with Crippen molar-refractivity contribution in [2.45, 2.75) is 13.8 Å². The predicted molar refractivity (Wildman–Crippen MR) is 124 cm³/mol. The maximum Gasteiger partial charge on any atom is 0.308 e. The topological polar surface area (TPSA) is 163 Å². The first-order valence-electron chi connectivity index (χ1n) is 10.1. The summed E-state index contributed by atoms with van der Waals surface area (Å²) in [5.41, 5.74) is 4.51. The molecular weight excluding hydrogens is 460 g/mol. The zero-order valence-electron chi connectivity index (χ0n) is 18.3. The number of hydrogen-bond donors (Lipinski definition) is 1. The van der Waals surface area contributed by atoms with Gasteiger partial charge in [0, 0.05) is 31.0 Å². The molecule has 12 heteroatoms. The lowest BCUT2D eigenvalue weighted by Crippen LogP contribution is -2.06. The van der Waals surface area contributed by atoms with Crippen LogP contribution in [-0.4, -0.2) is 27.5 Å². The number of fused-ring (bicyclic) bond motifs is 3. The van der Waals surface area contributed by atoms with Crippen molar-refractivity contribution in [3.63, 3.8) is 0 Å². The Labute approximate surface area is 197 Å². The van der Waals surface area contributed by atoms with E-state index < -0.39 is 33.2 Å². The molecule has 0 heterocycles. The standard InChI is InChI=1S/C23H16N4O8/c1-12(28)34-15-5-7-18-19(10-15)17-6-4-16(35-13(2)29)11-20(17)23(18)25-24-21-8-3-14(26(30)31)9-22(21)27(32)33/h3-11,24H,1-2H3/b25-23-. The molecule has 4 rings (SSSR count). The number of non-ortho nitro benzene ring substituents is 1. The third-order valence-corrected chi connectivity index (χ3v) is 4.98. The molecule has 0 saturated carbocycles. The van der Waals surface area contributed by atoms with Crippen LogP contribution in [0.25, 0.3) is 11.1 Å². The average Bonchev–Trinajstić information content (AvgIpc) is 3.08. The molecule has 0 atom stereocenters. The van der Waals surface area contributed by atoms with Crippen molar-refractivity contribution in [2.24, 2.45) is 5.10 Å². The van der Waals surface area contributed by atoms with Gasteiger partial charge in [0.1, 0.15) is 17.2 Å². The maximum absolute atomic E-state index is 11.5. The van der Waals surface area contributed by atoms with Crippen LogP contribution in [0.15, 0.2) is 59.7 Å². The first kappa shape index (κ1) is 23.0. The minimum atomic E-state index is -0.754. The lowest BCUT2D eigenvalue weighted by atomic mass is 10.1. The number of ether oxygens (including phenoxy) is 2. The number of carbonyl (C=O) groups excluding carboxylic acids is 2. The molecule has 1 aliphatic carbocycles. The van der Waals surface area contributed by atoms with Gasteiger partial charge in [0.15, 0.2) is 0 Å². The van der Waals surface area contributed by atoms with Crippen molar-refractivity contribution in [2.75, 3.05) is 5.43 Å². The largest absolute Gasteiger partial charge is 0.427 e. The fourth-order valence-corrected chi connectivity index (χ4v) is 3.63. The third-order valence-electron chi connectivity index (χ3n) is 4.98. The number of hydrogen-bond acceptors (Lipinski definition) is 10. The summed E-state index contributed by atoms with van der Waals surface area (Å²) in [4.78, 5) is 43.8. The summed E-state index contributed by atoms with van der Waals surface area (Å²) in [7, 11) is 0. The van der Waals surface area contributed by atoms with Gasteiger partial charge >= 0.3 is 17.6 Å². The molecule has 176 valence electrons. The van der Waals surface area contributed by atoms with Crippen molar-refractivity contribution >= 4 is 34.7 Å². The Morgan fingerprint density at radius 1 is 0.771 bits per heavy atom. The van der Waals surface area contributed by atoms with Crippen LogP contribution < -0.4 is 14.9 Å². The van der Waals surface area contributed by atoms with Crippen molar-refractivity contribution in [3.05, 3.63) is 86.0 Å². The van der Waals surface area contributed by atoms with E-state index >= 15 is 0 Å². The number of nitro benzene ring substituents is 2. The van der Waals surface area contributed by atoms with Gasteiger partial charge in [-0.25, -0.2) is 0 Å². The van der Waals surface area contributed by atoms with Crippen LogP contribution in [0.1, 0.15) is 25.0 Å². The minimum Gasteiger partial charge on any atom is -0.427 e. The Morgan fingerprint density at radius 3 is 1.94 bits per heavy atom. The van der Waals surface area contributed by atoms with E-state index in [1.807, 2.05) is 0 Å². The lowest BCUT2D eigenvalue weighted by Gasteiger charge is -2.07. The number of esters is 2. The molecular formula is C23H16N4O8. The van der Waals surface area contributed by atoms with Crippen molar-refractivity contribution in [3.8, 4) is 22.6 Å². The van der Waals surface area contributed by atoms with Gasteiger partial charge in [-0.3, -0.25) is 35.2 Å². The molecule has 3 aromatic carbocycles. The highest BCUT2D eigenvalue weighted by atomic mass is 16.6.